The highest BCUT2D eigenvalue weighted by Crippen LogP contribution is 2.19. The minimum absolute atomic E-state index is 0.0816. The van der Waals surface area contributed by atoms with E-state index in [4.69, 9.17) is 5.73 Å². The molecule has 4 heteroatoms. The molecule has 4 nitrogen and oxygen atoms in total. The Hall–Kier alpha value is -1.58. The number of likely N-dealkylation sites (tertiary alicyclic amines) is 1. The van der Waals surface area contributed by atoms with Crippen LogP contribution in [-0.2, 0) is 6.42 Å². The number of nitrogens with two attached hydrogens (primary N) is 1. The Balaban J connectivity index is 2.21. The molecule has 92 valence electrons. The van der Waals surface area contributed by atoms with Gasteiger partial charge in [0.1, 0.15) is 5.82 Å². The maximum Gasteiger partial charge on any atom is 0.254 e. The third kappa shape index (κ3) is 2.57. The summed E-state index contributed by atoms with van der Waals surface area (Å²) in [6.07, 6.45) is 1.88. The molecule has 2 heterocycles. The lowest BCUT2D eigenvalue weighted by Crippen LogP contribution is -2.28. The van der Waals surface area contributed by atoms with Crippen molar-refractivity contribution in [2.24, 2.45) is 5.92 Å². The number of nitrogen functional groups attached to an aromatic ring is 1. The van der Waals surface area contributed by atoms with Gasteiger partial charge in [-0.3, -0.25) is 4.79 Å². The number of carbonyl (C=O) groups is 1. The van der Waals surface area contributed by atoms with E-state index in [1.54, 1.807) is 6.07 Å². The highest BCUT2D eigenvalue weighted by molar-refractivity contribution is 5.95. The molecule has 17 heavy (non-hydrogen) atoms. The van der Waals surface area contributed by atoms with Crippen molar-refractivity contribution in [3.8, 4) is 0 Å². The van der Waals surface area contributed by atoms with Crippen molar-refractivity contribution in [2.45, 2.75) is 26.7 Å². The van der Waals surface area contributed by atoms with Crippen LogP contribution in [0.4, 0.5) is 5.82 Å². The van der Waals surface area contributed by atoms with Gasteiger partial charge in [-0.25, -0.2) is 4.98 Å². The highest BCUT2D eigenvalue weighted by atomic mass is 16.2. The van der Waals surface area contributed by atoms with Crippen molar-refractivity contribution in [3.63, 3.8) is 0 Å². The largest absolute Gasteiger partial charge is 0.384 e. The molecule has 1 fully saturated rings. The molecule has 2 rings (SSSR count). The topological polar surface area (TPSA) is 59.2 Å². The first kappa shape index (κ1) is 11.9. The second kappa shape index (κ2) is 4.73. The van der Waals surface area contributed by atoms with Crippen LogP contribution in [0.2, 0.25) is 0 Å². The number of hydrogen-bond acceptors (Lipinski definition) is 3. The summed E-state index contributed by atoms with van der Waals surface area (Å²) in [7, 11) is 0. The molecule has 0 aromatic carbocycles. The Kier molecular flexibility index (Phi) is 3.31. The van der Waals surface area contributed by atoms with Crippen molar-refractivity contribution < 1.29 is 4.79 Å². The van der Waals surface area contributed by atoms with Crippen LogP contribution in [0.15, 0.2) is 12.1 Å². The van der Waals surface area contributed by atoms with Gasteiger partial charge in [0.15, 0.2) is 0 Å². The summed E-state index contributed by atoms with van der Waals surface area (Å²) in [6.45, 7) is 5.88. The van der Waals surface area contributed by atoms with Crippen LogP contribution in [0.1, 0.15) is 36.3 Å². The maximum absolute atomic E-state index is 12.3. The fourth-order valence-corrected chi connectivity index (χ4v) is 2.22. The van der Waals surface area contributed by atoms with Gasteiger partial charge in [0.2, 0.25) is 0 Å². The number of nitrogens with zero attached hydrogens (tertiary/aromatic N) is 2. The quantitative estimate of drug-likeness (QED) is 0.846. The number of aromatic nitrogens is 1. The number of carbonyl (C=O) groups excluding carboxylic acids is 1. The summed E-state index contributed by atoms with van der Waals surface area (Å²) in [6, 6.07) is 3.52. The number of amides is 1. The van der Waals surface area contributed by atoms with Crippen LogP contribution >= 0.6 is 0 Å². The molecule has 1 aromatic heterocycles. The standard InChI is InChI=1S/C13H19N3O/c1-3-11-6-10(7-12(14)15-11)13(17)16-5-4-9(2)8-16/h6-7,9H,3-5,8H2,1-2H3,(H2,14,15). The van der Waals surface area contributed by atoms with Crippen LogP contribution in [-0.4, -0.2) is 28.9 Å². The molecule has 1 aliphatic heterocycles. The van der Waals surface area contributed by atoms with Crippen molar-refractivity contribution >= 4 is 11.7 Å². The Morgan fingerprint density at radius 2 is 2.35 bits per heavy atom. The van der Waals surface area contributed by atoms with Crippen LogP contribution in [0, 0.1) is 5.92 Å². The third-order valence-electron chi connectivity index (χ3n) is 3.22. The molecule has 0 spiro atoms. The van der Waals surface area contributed by atoms with E-state index in [-0.39, 0.29) is 5.91 Å². The minimum Gasteiger partial charge on any atom is -0.384 e. The van der Waals surface area contributed by atoms with Crippen LogP contribution in [0.3, 0.4) is 0 Å². The molecule has 1 aromatic rings. The van der Waals surface area contributed by atoms with Crippen LogP contribution in [0.5, 0.6) is 0 Å². The zero-order valence-corrected chi connectivity index (χ0v) is 10.4. The van der Waals surface area contributed by atoms with Gasteiger partial charge in [-0.15, -0.1) is 0 Å². The second-order valence-electron chi connectivity index (χ2n) is 4.77. The number of pyridine rings is 1. The molecular weight excluding hydrogens is 214 g/mol. The van der Waals surface area contributed by atoms with E-state index in [0.29, 0.717) is 17.3 Å². The molecule has 1 atom stereocenters. The van der Waals surface area contributed by atoms with E-state index in [1.807, 2.05) is 17.9 Å². The van der Waals surface area contributed by atoms with Crippen LogP contribution < -0.4 is 5.73 Å². The van der Waals surface area contributed by atoms with E-state index >= 15 is 0 Å². The lowest BCUT2D eigenvalue weighted by atomic mass is 10.1. The average Bonchev–Trinajstić information content (AvgIpc) is 2.74. The van der Waals surface area contributed by atoms with Crippen molar-refractivity contribution in [2.75, 3.05) is 18.8 Å². The third-order valence-corrected chi connectivity index (χ3v) is 3.22. The summed E-state index contributed by atoms with van der Waals surface area (Å²) >= 11 is 0. The van der Waals surface area contributed by atoms with Crippen molar-refractivity contribution in [1.29, 1.82) is 0 Å². The van der Waals surface area contributed by atoms with Crippen molar-refractivity contribution in [1.82, 2.24) is 9.88 Å². The summed E-state index contributed by atoms with van der Waals surface area (Å²) < 4.78 is 0. The molecule has 1 saturated heterocycles. The monoisotopic (exact) mass is 233 g/mol. The smallest absolute Gasteiger partial charge is 0.254 e. The lowest BCUT2D eigenvalue weighted by molar-refractivity contribution is 0.0788. The normalized spacial score (nSPS) is 19.6. The van der Waals surface area contributed by atoms with Gasteiger partial charge >= 0.3 is 0 Å². The molecular formula is C13H19N3O. The zero-order chi connectivity index (χ0) is 12.4. The molecule has 1 amide bonds. The van der Waals surface area contributed by atoms with Gasteiger partial charge < -0.3 is 10.6 Å². The fourth-order valence-electron chi connectivity index (χ4n) is 2.22. The first-order chi connectivity index (χ1) is 8.10. The first-order valence-electron chi connectivity index (χ1n) is 6.16. The predicted octanol–water partition coefficient (Wildman–Crippen LogP) is 1.71. The summed E-state index contributed by atoms with van der Waals surface area (Å²) in [5, 5.41) is 0. The predicted molar refractivity (Wildman–Crippen MR) is 67.7 cm³/mol. The van der Waals surface area contributed by atoms with E-state index in [9.17, 15) is 4.79 Å². The van der Waals surface area contributed by atoms with Gasteiger partial charge in [0.05, 0.1) is 0 Å². The van der Waals surface area contributed by atoms with Gasteiger partial charge in [0, 0.05) is 24.3 Å². The van der Waals surface area contributed by atoms with Crippen molar-refractivity contribution in [3.05, 3.63) is 23.4 Å². The Labute approximate surface area is 102 Å². The Morgan fingerprint density at radius 1 is 1.59 bits per heavy atom. The molecule has 1 aliphatic rings. The minimum atomic E-state index is 0.0816. The summed E-state index contributed by atoms with van der Waals surface area (Å²) in [4.78, 5) is 18.3. The number of anilines is 1. The molecule has 1 unspecified atom stereocenters. The number of rotatable bonds is 2. The van der Waals surface area contributed by atoms with Crippen LogP contribution in [0.25, 0.3) is 0 Å². The number of hydrogen-bond donors (Lipinski definition) is 1. The Bertz CT molecular complexity index is 431. The maximum atomic E-state index is 12.3. The SMILES string of the molecule is CCc1cc(C(=O)N2CCC(C)C2)cc(N)n1. The van der Waals surface area contributed by atoms with Gasteiger partial charge in [0.25, 0.3) is 5.91 Å². The second-order valence-corrected chi connectivity index (χ2v) is 4.77. The van der Waals surface area contributed by atoms with Gasteiger partial charge in [-0.2, -0.15) is 0 Å². The average molecular weight is 233 g/mol. The van der Waals surface area contributed by atoms with E-state index in [1.165, 1.54) is 0 Å². The van der Waals surface area contributed by atoms with Gasteiger partial charge in [-0.1, -0.05) is 13.8 Å². The first-order valence-corrected chi connectivity index (χ1v) is 6.16. The Morgan fingerprint density at radius 3 is 2.94 bits per heavy atom. The van der Waals surface area contributed by atoms with E-state index in [0.717, 1.165) is 31.6 Å². The molecule has 0 radical (unpaired) electrons. The summed E-state index contributed by atoms with van der Waals surface area (Å²) in [5.41, 5.74) is 7.26. The van der Waals surface area contributed by atoms with E-state index in [2.05, 4.69) is 11.9 Å². The number of aryl methyl sites for hydroxylation is 1. The molecule has 0 bridgehead atoms. The molecule has 0 aliphatic carbocycles. The summed E-state index contributed by atoms with van der Waals surface area (Å²) in [5.74, 6) is 1.11. The fraction of sp³-hybridized carbons (Fsp3) is 0.538. The van der Waals surface area contributed by atoms with E-state index < -0.39 is 0 Å². The molecule has 2 N–H and O–H groups in total. The van der Waals surface area contributed by atoms with Gasteiger partial charge in [-0.05, 0) is 30.9 Å². The molecule has 0 saturated carbocycles. The highest BCUT2D eigenvalue weighted by Gasteiger charge is 2.24. The zero-order valence-electron chi connectivity index (χ0n) is 10.4. The lowest BCUT2D eigenvalue weighted by Gasteiger charge is -2.16.